The van der Waals surface area contributed by atoms with Gasteiger partial charge in [-0.2, -0.15) is 0 Å². The molecule has 1 aromatic rings. The molecule has 0 radical (unpaired) electrons. The van der Waals surface area contributed by atoms with E-state index in [0.717, 1.165) is 17.4 Å². The molecule has 86 valence electrons. The molecule has 2 saturated carbocycles. The van der Waals surface area contributed by atoms with Gasteiger partial charge in [-0.3, -0.25) is 4.79 Å². The summed E-state index contributed by atoms with van der Waals surface area (Å²) in [6.07, 6.45) is 6.03. The summed E-state index contributed by atoms with van der Waals surface area (Å²) in [4.78, 5) is 19.2. The highest BCUT2D eigenvalue weighted by atomic mass is 16.1. The van der Waals surface area contributed by atoms with Crippen LogP contribution in [0.25, 0.3) is 0 Å². The lowest BCUT2D eigenvalue weighted by molar-refractivity contribution is 0.582. The number of aromatic nitrogens is 2. The summed E-state index contributed by atoms with van der Waals surface area (Å²) in [5, 5.41) is 0. The van der Waals surface area contributed by atoms with Gasteiger partial charge < -0.3 is 4.98 Å². The smallest absolute Gasteiger partial charge is 0.251 e. The minimum Gasteiger partial charge on any atom is -0.310 e. The van der Waals surface area contributed by atoms with E-state index < -0.39 is 0 Å². The Morgan fingerprint density at radius 1 is 1.25 bits per heavy atom. The third-order valence-electron chi connectivity index (χ3n) is 3.86. The number of aromatic amines is 1. The first-order valence-corrected chi connectivity index (χ1v) is 6.33. The topological polar surface area (TPSA) is 45.8 Å². The van der Waals surface area contributed by atoms with E-state index in [1.54, 1.807) is 6.07 Å². The fourth-order valence-corrected chi connectivity index (χ4v) is 2.73. The molecule has 0 bridgehead atoms. The van der Waals surface area contributed by atoms with Crippen molar-refractivity contribution in [3.63, 3.8) is 0 Å². The van der Waals surface area contributed by atoms with Crippen molar-refractivity contribution in [1.82, 2.24) is 9.97 Å². The monoisotopic (exact) mass is 218 g/mol. The quantitative estimate of drug-likeness (QED) is 0.829. The predicted octanol–water partition coefficient (Wildman–Crippen LogP) is 2.55. The van der Waals surface area contributed by atoms with Crippen LogP contribution in [0.15, 0.2) is 10.9 Å². The van der Waals surface area contributed by atoms with Crippen LogP contribution in [-0.4, -0.2) is 9.97 Å². The first-order valence-electron chi connectivity index (χ1n) is 6.33. The van der Waals surface area contributed by atoms with Crippen LogP contribution in [-0.2, 0) is 0 Å². The molecule has 1 heterocycles. The van der Waals surface area contributed by atoms with Gasteiger partial charge >= 0.3 is 0 Å². The maximum Gasteiger partial charge on any atom is 0.251 e. The Labute approximate surface area is 95.3 Å². The summed E-state index contributed by atoms with van der Waals surface area (Å²) >= 11 is 0. The average Bonchev–Trinajstić information content (AvgIpc) is 3.01. The molecule has 1 N–H and O–H groups in total. The SMILES string of the molecule is CC1CCC(c2nc(C3CC3)cc(=O)[nH]2)C1. The second-order valence-corrected chi connectivity index (χ2v) is 5.44. The summed E-state index contributed by atoms with van der Waals surface area (Å²) in [6.45, 7) is 2.28. The van der Waals surface area contributed by atoms with Crippen molar-refractivity contribution in [2.45, 2.75) is 50.9 Å². The number of rotatable bonds is 2. The first kappa shape index (κ1) is 10.1. The molecule has 2 unspecified atom stereocenters. The number of nitrogens with one attached hydrogen (secondary N) is 1. The van der Waals surface area contributed by atoms with Crippen LogP contribution >= 0.6 is 0 Å². The molecule has 2 atom stereocenters. The lowest BCUT2D eigenvalue weighted by Crippen LogP contribution is -2.14. The lowest BCUT2D eigenvalue weighted by Gasteiger charge is -2.09. The van der Waals surface area contributed by atoms with Crippen LogP contribution in [0.1, 0.15) is 62.4 Å². The molecule has 0 amide bonds. The van der Waals surface area contributed by atoms with Crippen molar-refractivity contribution in [2.24, 2.45) is 5.92 Å². The van der Waals surface area contributed by atoms with Crippen LogP contribution in [0.5, 0.6) is 0 Å². The highest BCUT2D eigenvalue weighted by molar-refractivity contribution is 5.15. The van der Waals surface area contributed by atoms with Gasteiger partial charge in [0, 0.05) is 17.9 Å². The molecule has 0 aromatic carbocycles. The molecule has 0 saturated heterocycles. The second kappa shape index (κ2) is 3.72. The van der Waals surface area contributed by atoms with Gasteiger partial charge in [-0.05, 0) is 38.0 Å². The van der Waals surface area contributed by atoms with Crippen molar-refractivity contribution in [1.29, 1.82) is 0 Å². The summed E-state index contributed by atoms with van der Waals surface area (Å²) < 4.78 is 0. The van der Waals surface area contributed by atoms with E-state index in [0.29, 0.717) is 11.8 Å². The zero-order valence-electron chi connectivity index (χ0n) is 9.70. The molecule has 0 spiro atoms. The Morgan fingerprint density at radius 2 is 2.00 bits per heavy atom. The Morgan fingerprint density at radius 3 is 2.62 bits per heavy atom. The first-order chi connectivity index (χ1) is 7.72. The zero-order valence-corrected chi connectivity index (χ0v) is 9.70. The average molecular weight is 218 g/mol. The molecule has 2 aliphatic carbocycles. The van der Waals surface area contributed by atoms with E-state index in [2.05, 4.69) is 16.9 Å². The van der Waals surface area contributed by atoms with E-state index in [4.69, 9.17) is 0 Å². The Hall–Kier alpha value is -1.12. The van der Waals surface area contributed by atoms with Crippen LogP contribution < -0.4 is 5.56 Å². The van der Waals surface area contributed by atoms with E-state index in [-0.39, 0.29) is 5.56 Å². The van der Waals surface area contributed by atoms with E-state index in [9.17, 15) is 4.79 Å². The van der Waals surface area contributed by atoms with Crippen LogP contribution in [0.3, 0.4) is 0 Å². The fraction of sp³-hybridized carbons (Fsp3) is 0.692. The highest BCUT2D eigenvalue weighted by Gasteiger charge is 2.29. The molecule has 2 aliphatic rings. The maximum absolute atomic E-state index is 11.6. The molecular weight excluding hydrogens is 200 g/mol. The van der Waals surface area contributed by atoms with Crippen molar-refractivity contribution in [3.05, 3.63) is 27.9 Å². The van der Waals surface area contributed by atoms with Gasteiger partial charge in [0.05, 0.1) is 5.69 Å². The van der Waals surface area contributed by atoms with Crippen molar-refractivity contribution >= 4 is 0 Å². The molecule has 0 aliphatic heterocycles. The number of nitrogens with zero attached hydrogens (tertiary/aromatic N) is 1. The molecule has 16 heavy (non-hydrogen) atoms. The molecule has 3 heteroatoms. The summed E-state index contributed by atoms with van der Waals surface area (Å²) in [5.74, 6) is 2.78. The molecule has 3 rings (SSSR count). The van der Waals surface area contributed by atoms with Crippen LogP contribution in [0, 0.1) is 5.92 Å². The standard InChI is InChI=1S/C13H18N2O/c1-8-2-3-10(6-8)13-14-11(9-4-5-9)7-12(16)15-13/h7-10H,2-6H2,1H3,(H,14,15,16). The van der Waals surface area contributed by atoms with Gasteiger partial charge in [-0.1, -0.05) is 6.92 Å². The normalized spacial score (nSPS) is 29.6. The van der Waals surface area contributed by atoms with Gasteiger partial charge in [0.15, 0.2) is 0 Å². The van der Waals surface area contributed by atoms with E-state index >= 15 is 0 Å². The van der Waals surface area contributed by atoms with Gasteiger partial charge in [0.1, 0.15) is 5.82 Å². The molecule has 2 fully saturated rings. The minimum absolute atomic E-state index is 0.0338. The van der Waals surface area contributed by atoms with Crippen molar-refractivity contribution in [3.8, 4) is 0 Å². The third kappa shape index (κ3) is 1.91. The molecular formula is C13H18N2O. The number of hydrogen-bond donors (Lipinski definition) is 1. The summed E-state index contributed by atoms with van der Waals surface area (Å²) in [5.41, 5.74) is 1.06. The fourth-order valence-electron chi connectivity index (χ4n) is 2.73. The largest absolute Gasteiger partial charge is 0.310 e. The number of H-pyrrole nitrogens is 1. The third-order valence-corrected chi connectivity index (χ3v) is 3.86. The Kier molecular flexibility index (Phi) is 2.34. The minimum atomic E-state index is 0.0338. The second-order valence-electron chi connectivity index (χ2n) is 5.44. The van der Waals surface area contributed by atoms with Gasteiger partial charge in [0.2, 0.25) is 0 Å². The van der Waals surface area contributed by atoms with Gasteiger partial charge in [-0.15, -0.1) is 0 Å². The van der Waals surface area contributed by atoms with Gasteiger partial charge in [0.25, 0.3) is 5.56 Å². The predicted molar refractivity (Wildman–Crippen MR) is 62.6 cm³/mol. The van der Waals surface area contributed by atoms with Crippen LogP contribution in [0.2, 0.25) is 0 Å². The summed E-state index contributed by atoms with van der Waals surface area (Å²) in [7, 11) is 0. The van der Waals surface area contributed by atoms with E-state index in [1.807, 2.05) is 0 Å². The number of hydrogen-bond acceptors (Lipinski definition) is 2. The zero-order chi connectivity index (χ0) is 11.1. The van der Waals surface area contributed by atoms with Gasteiger partial charge in [-0.25, -0.2) is 4.98 Å². The highest BCUT2D eigenvalue weighted by Crippen LogP contribution is 2.40. The molecule has 3 nitrogen and oxygen atoms in total. The Balaban J connectivity index is 1.91. The lowest BCUT2D eigenvalue weighted by atomic mass is 10.1. The van der Waals surface area contributed by atoms with Crippen LogP contribution in [0.4, 0.5) is 0 Å². The molecule has 1 aromatic heterocycles. The van der Waals surface area contributed by atoms with Crippen molar-refractivity contribution < 1.29 is 0 Å². The van der Waals surface area contributed by atoms with E-state index in [1.165, 1.54) is 32.1 Å². The summed E-state index contributed by atoms with van der Waals surface area (Å²) in [6, 6.07) is 1.68. The maximum atomic E-state index is 11.6. The van der Waals surface area contributed by atoms with Crippen molar-refractivity contribution in [2.75, 3.05) is 0 Å². The Bertz CT molecular complexity index is 447.